The Morgan fingerprint density at radius 1 is 1.48 bits per heavy atom. The first kappa shape index (κ1) is 18.9. The van der Waals surface area contributed by atoms with Crippen molar-refractivity contribution in [3.63, 3.8) is 0 Å². The monoisotopic (exact) mass is 347 g/mol. The number of anilines is 1. The van der Waals surface area contributed by atoms with Gasteiger partial charge in [-0.15, -0.1) is 0 Å². The third-order valence-electron chi connectivity index (χ3n) is 3.90. The quantitative estimate of drug-likeness (QED) is 0.457. The first-order chi connectivity index (χ1) is 11.7. The van der Waals surface area contributed by atoms with Gasteiger partial charge in [0.15, 0.2) is 0 Å². The van der Waals surface area contributed by atoms with Gasteiger partial charge in [0.25, 0.3) is 5.69 Å². The van der Waals surface area contributed by atoms with E-state index >= 15 is 0 Å². The van der Waals surface area contributed by atoms with E-state index in [2.05, 4.69) is 16.8 Å². The summed E-state index contributed by atoms with van der Waals surface area (Å²) < 4.78 is 5.12. The minimum Gasteiger partial charge on any atom is -0.442 e. The standard InChI is InChI=1S/C18H25N3O4/c1-13(7-9-19-17(22)25-18(2,3)4)12-20-10-8-14-5-6-15(21(23)24)11-16(14)20/h5-6,9,11,13H,7-8,10,12H2,1-4H3. The predicted octanol–water partition coefficient (Wildman–Crippen LogP) is 3.99. The highest BCUT2D eigenvalue weighted by molar-refractivity contribution is 5.79. The average Bonchev–Trinajstić information content (AvgIpc) is 2.87. The average molecular weight is 347 g/mol. The van der Waals surface area contributed by atoms with Gasteiger partial charge in [0.1, 0.15) is 5.60 Å². The summed E-state index contributed by atoms with van der Waals surface area (Å²) in [6.07, 6.45) is 2.54. The molecule has 0 saturated carbocycles. The second-order valence-electron chi connectivity index (χ2n) is 7.40. The third kappa shape index (κ3) is 5.55. The Balaban J connectivity index is 1.90. The molecule has 0 bridgehead atoms. The van der Waals surface area contributed by atoms with Crippen molar-refractivity contribution in [2.45, 2.75) is 46.1 Å². The van der Waals surface area contributed by atoms with Crippen molar-refractivity contribution < 1.29 is 14.5 Å². The van der Waals surface area contributed by atoms with Gasteiger partial charge in [0.2, 0.25) is 0 Å². The lowest BCUT2D eigenvalue weighted by molar-refractivity contribution is -0.384. The van der Waals surface area contributed by atoms with E-state index in [0.717, 1.165) is 30.8 Å². The zero-order chi connectivity index (χ0) is 18.6. The van der Waals surface area contributed by atoms with Gasteiger partial charge in [-0.2, -0.15) is 4.99 Å². The van der Waals surface area contributed by atoms with Gasteiger partial charge in [-0.3, -0.25) is 10.1 Å². The Kier molecular flexibility index (Phi) is 5.77. The Morgan fingerprint density at radius 3 is 2.84 bits per heavy atom. The molecule has 0 radical (unpaired) electrons. The summed E-state index contributed by atoms with van der Waals surface area (Å²) in [6, 6.07) is 5.03. The van der Waals surface area contributed by atoms with Crippen LogP contribution in [0.3, 0.4) is 0 Å². The molecule has 1 aromatic rings. The zero-order valence-electron chi connectivity index (χ0n) is 15.2. The summed E-state index contributed by atoms with van der Waals surface area (Å²) in [5.74, 6) is 0.261. The van der Waals surface area contributed by atoms with Crippen LogP contribution >= 0.6 is 0 Å². The molecule has 0 fully saturated rings. The number of rotatable bonds is 5. The number of aliphatic imine (C=N–C) groups is 1. The molecular formula is C18H25N3O4. The Bertz CT molecular complexity index is 679. The van der Waals surface area contributed by atoms with Crippen molar-refractivity contribution in [2.24, 2.45) is 10.9 Å². The molecule has 0 saturated heterocycles. The lowest BCUT2D eigenvalue weighted by Crippen LogP contribution is -2.26. The molecule has 0 aromatic heterocycles. The number of carbonyl (C=O) groups excluding carboxylic acids is 1. The molecule has 0 aliphatic carbocycles. The van der Waals surface area contributed by atoms with Crippen molar-refractivity contribution >= 4 is 23.7 Å². The first-order valence-corrected chi connectivity index (χ1v) is 8.43. The molecule has 2 rings (SSSR count). The number of amides is 1. The number of non-ortho nitro benzene ring substituents is 1. The molecule has 7 heteroatoms. The van der Waals surface area contributed by atoms with Crippen LogP contribution in [0.4, 0.5) is 16.2 Å². The third-order valence-corrected chi connectivity index (χ3v) is 3.90. The molecule has 1 unspecified atom stereocenters. The summed E-state index contributed by atoms with van der Waals surface area (Å²) in [7, 11) is 0. The van der Waals surface area contributed by atoms with Gasteiger partial charge in [0.05, 0.1) is 4.92 Å². The van der Waals surface area contributed by atoms with Crippen LogP contribution in [-0.2, 0) is 11.2 Å². The van der Waals surface area contributed by atoms with Gasteiger partial charge >= 0.3 is 6.09 Å². The molecular weight excluding hydrogens is 322 g/mol. The number of ether oxygens (including phenoxy) is 1. The minimum absolute atomic E-state index is 0.116. The first-order valence-electron chi connectivity index (χ1n) is 8.43. The van der Waals surface area contributed by atoms with E-state index in [-0.39, 0.29) is 16.5 Å². The Morgan fingerprint density at radius 2 is 2.20 bits per heavy atom. The fourth-order valence-corrected chi connectivity index (χ4v) is 2.78. The number of nitro groups is 1. The maximum Gasteiger partial charge on any atom is 0.433 e. The number of benzene rings is 1. The molecule has 136 valence electrons. The molecule has 1 aliphatic heterocycles. The number of hydrogen-bond acceptors (Lipinski definition) is 5. The van der Waals surface area contributed by atoms with E-state index < -0.39 is 11.7 Å². The number of nitrogens with zero attached hydrogens (tertiary/aromatic N) is 3. The van der Waals surface area contributed by atoms with Crippen LogP contribution in [0.2, 0.25) is 0 Å². The number of nitro benzene ring substituents is 1. The Hall–Kier alpha value is -2.44. The van der Waals surface area contributed by atoms with Crippen molar-refractivity contribution in [1.29, 1.82) is 0 Å². The summed E-state index contributed by atoms with van der Waals surface area (Å²) in [5.41, 5.74) is 1.64. The van der Waals surface area contributed by atoms with Crippen LogP contribution in [0, 0.1) is 16.0 Å². The van der Waals surface area contributed by atoms with Gasteiger partial charge in [-0.05, 0) is 45.1 Å². The van der Waals surface area contributed by atoms with E-state index in [9.17, 15) is 14.9 Å². The van der Waals surface area contributed by atoms with Crippen LogP contribution < -0.4 is 4.90 Å². The van der Waals surface area contributed by atoms with Crippen molar-refractivity contribution in [3.8, 4) is 0 Å². The zero-order valence-corrected chi connectivity index (χ0v) is 15.2. The molecule has 0 spiro atoms. The highest BCUT2D eigenvalue weighted by atomic mass is 16.6. The van der Waals surface area contributed by atoms with Gasteiger partial charge in [0, 0.05) is 37.1 Å². The summed E-state index contributed by atoms with van der Waals surface area (Å²) in [5, 5.41) is 11.0. The number of fused-ring (bicyclic) bond motifs is 1. The van der Waals surface area contributed by atoms with Gasteiger partial charge in [-0.25, -0.2) is 4.79 Å². The molecule has 7 nitrogen and oxygen atoms in total. The van der Waals surface area contributed by atoms with Crippen LogP contribution in [-0.4, -0.2) is 35.9 Å². The largest absolute Gasteiger partial charge is 0.442 e. The van der Waals surface area contributed by atoms with E-state index in [0.29, 0.717) is 6.42 Å². The SMILES string of the molecule is CC(CC=NC(=O)OC(C)(C)C)CN1CCc2ccc([N+](=O)[O-])cc21. The van der Waals surface area contributed by atoms with Gasteiger partial charge < -0.3 is 9.64 Å². The van der Waals surface area contributed by atoms with E-state index in [1.54, 1.807) is 39.1 Å². The lowest BCUT2D eigenvalue weighted by atomic mass is 10.1. The molecule has 1 amide bonds. The number of carbonyl (C=O) groups is 1. The second kappa shape index (κ2) is 7.63. The van der Waals surface area contributed by atoms with Crippen LogP contribution in [0.25, 0.3) is 0 Å². The fourth-order valence-electron chi connectivity index (χ4n) is 2.78. The Labute approximate surface area is 147 Å². The van der Waals surface area contributed by atoms with Crippen molar-refractivity contribution in [1.82, 2.24) is 0 Å². The molecule has 1 heterocycles. The highest BCUT2D eigenvalue weighted by Crippen LogP contribution is 2.32. The highest BCUT2D eigenvalue weighted by Gasteiger charge is 2.23. The summed E-state index contributed by atoms with van der Waals surface area (Å²) >= 11 is 0. The van der Waals surface area contributed by atoms with E-state index in [1.807, 2.05) is 6.07 Å². The summed E-state index contributed by atoms with van der Waals surface area (Å²) in [4.78, 5) is 28.1. The molecule has 1 aromatic carbocycles. The normalized spacial score (nSPS) is 15.3. The van der Waals surface area contributed by atoms with Crippen LogP contribution in [0.1, 0.15) is 39.7 Å². The second-order valence-corrected chi connectivity index (χ2v) is 7.40. The molecule has 0 N–H and O–H groups in total. The predicted molar refractivity (Wildman–Crippen MR) is 97.5 cm³/mol. The smallest absolute Gasteiger partial charge is 0.433 e. The topological polar surface area (TPSA) is 85.0 Å². The maximum absolute atomic E-state index is 11.6. The molecule has 25 heavy (non-hydrogen) atoms. The molecule has 1 atom stereocenters. The maximum atomic E-state index is 11.6. The van der Waals surface area contributed by atoms with E-state index in [4.69, 9.17) is 4.74 Å². The van der Waals surface area contributed by atoms with Gasteiger partial charge in [-0.1, -0.05) is 13.0 Å². The van der Waals surface area contributed by atoms with Crippen molar-refractivity contribution in [3.05, 3.63) is 33.9 Å². The van der Waals surface area contributed by atoms with Crippen LogP contribution in [0.15, 0.2) is 23.2 Å². The minimum atomic E-state index is -0.582. The van der Waals surface area contributed by atoms with E-state index in [1.165, 1.54) is 0 Å². The van der Waals surface area contributed by atoms with Crippen molar-refractivity contribution in [2.75, 3.05) is 18.0 Å². The van der Waals surface area contributed by atoms with Crippen LogP contribution in [0.5, 0.6) is 0 Å². The fraction of sp³-hybridized carbons (Fsp3) is 0.556. The lowest BCUT2D eigenvalue weighted by Gasteiger charge is -2.22. The summed E-state index contributed by atoms with van der Waals surface area (Å²) in [6.45, 7) is 9.07. The number of hydrogen-bond donors (Lipinski definition) is 0. The molecule has 1 aliphatic rings.